The molecule has 1 unspecified atom stereocenters. The lowest BCUT2D eigenvalue weighted by Crippen LogP contribution is -2.41. The molecule has 1 atom stereocenters. The highest BCUT2D eigenvalue weighted by Gasteiger charge is 2.41. The average Bonchev–Trinajstić information content (AvgIpc) is 3.48. The van der Waals surface area contributed by atoms with Gasteiger partial charge in [-0.3, -0.25) is 15.4 Å². The highest BCUT2D eigenvalue weighted by molar-refractivity contribution is 8.02. The molecular formula is C20H24N4OS. The molecule has 1 fully saturated rings. The van der Waals surface area contributed by atoms with Crippen LogP contribution < -0.4 is 21.7 Å². The average molecular weight is 369 g/mol. The lowest BCUT2D eigenvalue weighted by molar-refractivity contribution is -0.110. The zero-order valence-electron chi connectivity index (χ0n) is 14.6. The highest BCUT2D eigenvalue weighted by Crippen LogP contribution is 2.21. The fraction of sp³-hybridized carbons (Fsp3) is 0.250. The van der Waals surface area contributed by atoms with Crippen LogP contribution in [0.3, 0.4) is 0 Å². The first-order valence-electron chi connectivity index (χ1n) is 8.63. The topological polar surface area (TPSA) is 89.1 Å². The van der Waals surface area contributed by atoms with Crippen LogP contribution in [0.15, 0.2) is 60.0 Å². The van der Waals surface area contributed by atoms with Gasteiger partial charge in [0.05, 0.1) is 0 Å². The number of carbonyl (C=O) groups is 1. The standard InChI is InChI=1S/C20H24N4OS/c21-19(12-26-15-22-10-11-23-20(14-25)13-24-20)18-8-6-17(7-9-18)16-4-2-1-3-5-16/h1-9,12,14,22-24H,10-11,13,15,21H2/b19-12-. The minimum Gasteiger partial charge on any atom is -0.398 e. The summed E-state index contributed by atoms with van der Waals surface area (Å²) >= 11 is 1.62. The summed E-state index contributed by atoms with van der Waals surface area (Å²) in [7, 11) is 0. The fourth-order valence-electron chi connectivity index (χ4n) is 2.54. The number of hydrogen-bond acceptors (Lipinski definition) is 6. The van der Waals surface area contributed by atoms with E-state index in [9.17, 15) is 4.79 Å². The van der Waals surface area contributed by atoms with Crippen molar-refractivity contribution < 1.29 is 4.79 Å². The van der Waals surface area contributed by atoms with Gasteiger partial charge in [0.1, 0.15) is 5.66 Å². The van der Waals surface area contributed by atoms with Gasteiger partial charge in [-0.15, -0.1) is 11.8 Å². The summed E-state index contributed by atoms with van der Waals surface area (Å²) < 4.78 is 0. The van der Waals surface area contributed by atoms with E-state index >= 15 is 0 Å². The molecule has 0 radical (unpaired) electrons. The van der Waals surface area contributed by atoms with Crippen LogP contribution in [0.2, 0.25) is 0 Å². The second-order valence-corrected chi connectivity index (χ2v) is 7.05. The van der Waals surface area contributed by atoms with Crippen molar-refractivity contribution in [2.45, 2.75) is 5.66 Å². The fourth-order valence-corrected chi connectivity index (χ4v) is 3.20. The van der Waals surface area contributed by atoms with E-state index in [4.69, 9.17) is 5.73 Å². The molecule has 0 spiro atoms. The van der Waals surface area contributed by atoms with Crippen LogP contribution in [-0.4, -0.2) is 37.5 Å². The molecule has 5 nitrogen and oxygen atoms in total. The minimum atomic E-state index is -0.467. The van der Waals surface area contributed by atoms with Crippen molar-refractivity contribution in [3.63, 3.8) is 0 Å². The number of rotatable bonds is 10. The molecule has 1 heterocycles. The zero-order chi connectivity index (χ0) is 18.2. The van der Waals surface area contributed by atoms with E-state index in [0.717, 1.165) is 36.5 Å². The number of benzene rings is 2. The molecule has 6 heteroatoms. The van der Waals surface area contributed by atoms with Gasteiger partial charge in [0.25, 0.3) is 0 Å². The van der Waals surface area contributed by atoms with Crippen molar-refractivity contribution in [2.75, 3.05) is 25.5 Å². The van der Waals surface area contributed by atoms with E-state index in [1.165, 1.54) is 11.1 Å². The Balaban J connectivity index is 1.39. The van der Waals surface area contributed by atoms with Crippen LogP contribution in [0.1, 0.15) is 5.56 Å². The van der Waals surface area contributed by atoms with Crippen LogP contribution in [0.4, 0.5) is 0 Å². The van der Waals surface area contributed by atoms with Gasteiger partial charge in [-0.1, -0.05) is 54.6 Å². The van der Waals surface area contributed by atoms with E-state index in [2.05, 4.69) is 40.2 Å². The van der Waals surface area contributed by atoms with Crippen LogP contribution in [0, 0.1) is 0 Å². The molecular weight excluding hydrogens is 344 g/mol. The van der Waals surface area contributed by atoms with Crippen LogP contribution in [0.25, 0.3) is 16.8 Å². The van der Waals surface area contributed by atoms with Crippen molar-refractivity contribution in [1.82, 2.24) is 16.0 Å². The van der Waals surface area contributed by atoms with Gasteiger partial charge in [-0.2, -0.15) is 0 Å². The van der Waals surface area contributed by atoms with Gasteiger partial charge in [-0.05, 0) is 22.1 Å². The van der Waals surface area contributed by atoms with E-state index in [0.29, 0.717) is 6.54 Å². The molecule has 0 aromatic heterocycles. The number of thioether (sulfide) groups is 1. The highest BCUT2D eigenvalue weighted by atomic mass is 32.2. The molecule has 26 heavy (non-hydrogen) atoms. The number of carbonyl (C=O) groups excluding carboxylic acids is 1. The number of hydrogen-bond donors (Lipinski definition) is 4. The zero-order valence-corrected chi connectivity index (χ0v) is 15.4. The molecule has 5 N–H and O–H groups in total. The molecule has 2 aromatic carbocycles. The predicted molar refractivity (Wildman–Crippen MR) is 109 cm³/mol. The Labute approximate surface area is 158 Å². The van der Waals surface area contributed by atoms with Crippen LogP contribution in [0.5, 0.6) is 0 Å². The lowest BCUT2D eigenvalue weighted by atomic mass is 10.0. The second-order valence-electron chi connectivity index (χ2n) is 6.20. The van der Waals surface area contributed by atoms with E-state index < -0.39 is 5.66 Å². The van der Waals surface area contributed by atoms with Gasteiger partial charge >= 0.3 is 0 Å². The Morgan fingerprint density at radius 3 is 2.46 bits per heavy atom. The third-order valence-electron chi connectivity index (χ3n) is 4.22. The Morgan fingerprint density at radius 1 is 1.12 bits per heavy atom. The lowest BCUT2D eigenvalue weighted by Gasteiger charge is -2.09. The maximum atomic E-state index is 10.8. The number of nitrogens with one attached hydrogen (secondary N) is 3. The third-order valence-corrected chi connectivity index (χ3v) is 5.01. The minimum absolute atomic E-state index is 0.467. The molecule has 1 saturated heterocycles. The van der Waals surface area contributed by atoms with Crippen molar-refractivity contribution in [3.8, 4) is 11.1 Å². The molecule has 1 aliphatic heterocycles. The molecule has 3 rings (SSSR count). The predicted octanol–water partition coefficient (Wildman–Crippen LogP) is 1.98. The summed E-state index contributed by atoms with van der Waals surface area (Å²) in [5.41, 5.74) is 9.86. The van der Waals surface area contributed by atoms with Crippen molar-refractivity contribution in [3.05, 3.63) is 65.6 Å². The first-order valence-corrected chi connectivity index (χ1v) is 9.67. The molecule has 2 aromatic rings. The number of nitrogens with two attached hydrogens (primary N) is 1. The maximum absolute atomic E-state index is 10.8. The monoisotopic (exact) mass is 368 g/mol. The summed E-state index contributed by atoms with van der Waals surface area (Å²) in [5.74, 6) is 0.770. The molecule has 0 aliphatic carbocycles. The summed E-state index contributed by atoms with van der Waals surface area (Å²) in [5, 5.41) is 11.5. The first kappa shape index (κ1) is 18.7. The Bertz CT molecular complexity index is 742. The molecule has 0 bridgehead atoms. The summed E-state index contributed by atoms with van der Waals surface area (Å²) in [6.45, 7) is 2.25. The van der Waals surface area contributed by atoms with Gasteiger partial charge in [0.2, 0.25) is 0 Å². The maximum Gasteiger partial charge on any atom is 0.156 e. The first-order chi connectivity index (χ1) is 12.7. The van der Waals surface area contributed by atoms with Crippen LogP contribution in [-0.2, 0) is 4.79 Å². The van der Waals surface area contributed by atoms with Crippen molar-refractivity contribution >= 4 is 23.7 Å². The van der Waals surface area contributed by atoms with Crippen molar-refractivity contribution in [1.29, 1.82) is 0 Å². The second kappa shape index (κ2) is 9.00. The number of aldehydes is 1. The van der Waals surface area contributed by atoms with Crippen molar-refractivity contribution in [2.24, 2.45) is 5.73 Å². The Kier molecular flexibility index (Phi) is 6.46. The smallest absolute Gasteiger partial charge is 0.156 e. The van der Waals surface area contributed by atoms with E-state index in [1.54, 1.807) is 11.8 Å². The van der Waals surface area contributed by atoms with Gasteiger partial charge in [0.15, 0.2) is 6.29 Å². The Hall–Kier alpha value is -2.12. The van der Waals surface area contributed by atoms with E-state index in [-0.39, 0.29) is 0 Å². The van der Waals surface area contributed by atoms with Gasteiger partial charge in [0, 0.05) is 31.2 Å². The quantitative estimate of drug-likeness (QED) is 0.222. The summed E-state index contributed by atoms with van der Waals surface area (Å²) in [4.78, 5) is 10.8. The van der Waals surface area contributed by atoms with Gasteiger partial charge in [-0.25, -0.2) is 0 Å². The third kappa shape index (κ3) is 5.19. The van der Waals surface area contributed by atoms with Crippen LogP contribution >= 0.6 is 11.8 Å². The molecule has 136 valence electrons. The molecule has 1 aliphatic rings. The summed E-state index contributed by atoms with van der Waals surface area (Å²) in [6.07, 6.45) is 0.925. The van der Waals surface area contributed by atoms with E-state index in [1.807, 2.05) is 35.7 Å². The molecule has 0 saturated carbocycles. The van der Waals surface area contributed by atoms with Gasteiger partial charge < -0.3 is 11.1 Å². The molecule has 0 amide bonds. The Morgan fingerprint density at radius 2 is 1.81 bits per heavy atom. The SMILES string of the molecule is N/C(=C\SCNCCNC1(C=O)CN1)c1ccc(-c2ccccc2)cc1. The summed E-state index contributed by atoms with van der Waals surface area (Å²) in [6, 6.07) is 18.6. The largest absolute Gasteiger partial charge is 0.398 e. The normalized spacial score (nSPS) is 19.3.